The van der Waals surface area contributed by atoms with Crippen molar-refractivity contribution < 1.29 is 4.74 Å². The van der Waals surface area contributed by atoms with Gasteiger partial charge in [-0.25, -0.2) is 4.68 Å². The lowest BCUT2D eigenvalue weighted by Crippen LogP contribution is -2.17. The fraction of sp³-hybridized carbons (Fsp3) is 0.550. The fourth-order valence-corrected chi connectivity index (χ4v) is 3.57. The highest BCUT2D eigenvalue weighted by Gasteiger charge is 2.26. The maximum atomic E-state index is 6.13. The van der Waals surface area contributed by atoms with Gasteiger partial charge in [-0.3, -0.25) is 0 Å². The first kappa shape index (κ1) is 16.1. The summed E-state index contributed by atoms with van der Waals surface area (Å²) in [6, 6.07) is 12.9. The molecule has 1 unspecified atom stereocenters. The molecule has 1 aliphatic rings. The van der Waals surface area contributed by atoms with Crippen LogP contribution in [0.2, 0.25) is 0 Å². The average Bonchev–Trinajstić information content (AvgIpc) is 3.23. The van der Waals surface area contributed by atoms with E-state index in [9.17, 15) is 0 Å². The highest BCUT2D eigenvalue weighted by Crippen LogP contribution is 2.36. The van der Waals surface area contributed by atoms with E-state index < -0.39 is 0 Å². The molecule has 1 heterocycles. The predicted molar refractivity (Wildman–Crippen MR) is 93.7 cm³/mol. The molecule has 3 rings (SSSR count). The van der Waals surface area contributed by atoms with E-state index in [0.717, 1.165) is 30.3 Å². The number of rotatable bonds is 7. The lowest BCUT2D eigenvalue weighted by atomic mass is 10.0. The van der Waals surface area contributed by atoms with Gasteiger partial charge in [-0.1, -0.05) is 56.5 Å². The summed E-state index contributed by atoms with van der Waals surface area (Å²) in [4.78, 5) is 0. The number of nitrogens with zero attached hydrogens (tertiary/aromatic N) is 2. The zero-order valence-electron chi connectivity index (χ0n) is 14.4. The molecular formula is C20H28N2O. The Kier molecular flexibility index (Phi) is 5.37. The molecule has 0 aliphatic heterocycles. The first-order chi connectivity index (χ1) is 11.3. The fourth-order valence-electron chi connectivity index (χ4n) is 3.57. The molecular weight excluding hydrogens is 284 g/mol. The van der Waals surface area contributed by atoms with Crippen molar-refractivity contribution in [2.45, 2.75) is 65.0 Å². The number of hydrogen-bond donors (Lipinski definition) is 0. The van der Waals surface area contributed by atoms with Crippen molar-refractivity contribution in [3.63, 3.8) is 0 Å². The van der Waals surface area contributed by atoms with Crippen LogP contribution in [-0.2, 0) is 13.0 Å². The number of ether oxygens (including phenoxy) is 1. The van der Waals surface area contributed by atoms with Crippen molar-refractivity contribution in [2.24, 2.45) is 5.92 Å². The predicted octanol–water partition coefficient (Wildman–Crippen LogP) is 5.17. The molecule has 0 N–H and O–H groups in total. The molecule has 124 valence electrons. The van der Waals surface area contributed by atoms with Gasteiger partial charge in [0.05, 0.1) is 11.7 Å². The maximum Gasteiger partial charge on any atom is 0.212 e. The van der Waals surface area contributed by atoms with Crippen LogP contribution in [-0.4, -0.2) is 9.78 Å². The summed E-state index contributed by atoms with van der Waals surface area (Å²) in [6.45, 7) is 5.10. The summed E-state index contributed by atoms with van der Waals surface area (Å²) in [5.41, 5.74) is 2.35. The summed E-state index contributed by atoms with van der Waals surface area (Å²) in [5.74, 6) is 1.67. The Morgan fingerprint density at radius 3 is 2.65 bits per heavy atom. The Balaban J connectivity index is 1.76. The lowest BCUT2D eigenvalue weighted by molar-refractivity contribution is 0.238. The van der Waals surface area contributed by atoms with Crippen LogP contribution in [0.25, 0.3) is 0 Å². The Labute approximate surface area is 139 Å². The first-order valence-corrected chi connectivity index (χ1v) is 9.03. The van der Waals surface area contributed by atoms with Gasteiger partial charge in [-0.2, -0.15) is 5.10 Å². The number of aryl methyl sites for hydroxylation is 1. The summed E-state index contributed by atoms with van der Waals surface area (Å²) >= 11 is 0. The smallest absolute Gasteiger partial charge is 0.212 e. The van der Waals surface area contributed by atoms with Gasteiger partial charge in [0.1, 0.15) is 6.61 Å². The van der Waals surface area contributed by atoms with E-state index in [1.807, 2.05) is 6.07 Å². The molecule has 23 heavy (non-hydrogen) atoms. The molecule has 0 spiro atoms. The first-order valence-electron chi connectivity index (χ1n) is 9.03. The minimum absolute atomic E-state index is 0.425. The Bertz CT molecular complexity index is 599. The van der Waals surface area contributed by atoms with E-state index >= 15 is 0 Å². The second-order valence-corrected chi connectivity index (χ2v) is 6.73. The molecule has 1 aromatic carbocycles. The molecule has 0 amide bonds. The van der Waals surface area contributed by atoms with E-state index in [4.69, 9.17) is 9.84 Å². The zero-order valence-corrected chi connectivity index (χ0v) is 14.4. The van der Waals surface area contributed by atoms with Gasteiger partial charge in [0.25, 0.3) is 0 Å². The molecule has 1 fully saturated rings. The van der Waals surface area contributed by atoms with Gasteiger partial charge in [-0.05, 0) is 37.7 Å². The summed E-state index contributed by atoms with van der Waals surface area (Å²) in [7, 11) is 0. The Hall–Kier alpha value is -1.77. The van der Waals surface area contributed by atoms with Crippen LogP contribution in [0.3, 0.4) is 0 Å². The second-order valence-electron chi connectivity index (χ2n) is 6.73. The third-order valence-corrected chi connectivity index (χ3v) is 4.96. The minimum Gasteiger partial charge on any atom is -0.473 e. The van der Waals surface area contributed by atoms with Gasteiger partial charge < -0.3 is 4.74 Å². The van der Waals surface area contributed by atoms with Crippen LogP contribution in [0.15, 0.2) is 36.4 Å². The van der Waals surface area contributed by atoms with Crippen molar-refractivity contribution in [3.05, 3.63) is 47.7 Å². The molecule has 1 saturated carbocycles. The van der Waals surface area contributed by atoms with Gasteiger partial charge in [0.2, 0.25) is 5.88 Å². The van der Waals surface area contributed by atoms with Gasteiger partial charge in [0.15, 0.2) is 0 Å². The maximum absolute atomic E-state index is 6.13. The van der Waals surface area contributed by atoms with E-state index in [1.54, 1.807) is 0 Å². The topological polar surface area (TPSA) is 27.1 Å². The quantitative estimate of drug-likeness (QED) is 0.705. The van der Waals surface area contributed by atoms with Crippen LogP contribution < -0.4 is 4.74 Å². The molecule has 3 nitrogen and oxygen atoms in total. The standard InChI is InChI=1S/C20H28N2O/c1-3-9-19-14-20(23-15-17-10-5-4-6-11-17)22(21-19)16(2)18-12-7-8-13-18/h4-6,10-11,14,16,18H,3,7-9,12-13,15H2,1-2H3. The van der Waals surface area contributed by atoms with Crippen molar-refractivity contribution in [3.8, 4) is 5.88 Å². The monoisotopic (exact) mass is 312 g/mol. The van der Waals surface area contributed by atoms with Crippen molar-refractivity contribution in [1.82, 2.24) is 9.78 Å². The van der Waals surface area contributed by atoms with Gasteiger partial charge >= 0.3 is 0 Å². The van der Waals surface area contributed by atoms with Crippen molar-refractivity contribution in [1.29, 1.82) is 0 Å². The van der Waals surface area contributed by atoms with Crippen LogP contribution in [0.4, 0.5) is 0 Å². The van der Waals surface area contributed by atoms with Crippen LogP contribution in [0.5, 0.6) is 5.88 Å². The average molecular weight is 312 g/mol. The van der Waals surface area contributed by atoms with E-state index in [2.05, 4.69) is 48.9 Å². The number of aromatic nitrogens is 2. The van der Waals surface area contributed by atoms with Crippen molar-refractivity contribution in [2.75, 3.05) is 0 Å². The van der Waals surface area contributed by atoms with E-state index in [1.165, 1.54) is 31.2 Å². The highest BCUT2D eigenvalue weighted by molar-refractivity contribution is 5.19. The SMILES string of the molecule is CCCc1cc(OCc2ccccc2)n(C(C)C2CCCC2)n1. The molecule has 1 aliphatic carbocycles. The van der Waals surface area contributed by atoms with Crippen LogP contribution in [0.1, 0.15) is 63.3 Å². The molecule has 1 atom stereocenters. The van der Waals surface area contributed by atoms with Crippen LogP contribution >= 0.6 is 0 Å². The Morgan fingerprint density at radius 1 is 1.22 bits per heavy atom. The summed E-state index contributed by atoms with van der Waals surface area (Å²) in [6.07, 6.45) is 7.50. The molecule has 0 radical (unpaired) electrons. The molecule has 0 saturated heterocycles. The van der Waals surface area contributed by atoms with Gasteiger partial charge in [0, 0.05) is 6.07 Å². The van der Waals surface area contributed by atoms with Crippen LogP contribution in [0, 0.1) is 5.92 Å². The molecule has 3 heteroatoms. The lowest BCUT2D eigenvalue weighted by Gasteiger charge is -2.21. The largest absolute Gasteiger partial charge is 0.473 e. The third kappa shape index (κ3) is 3.95. The molecule has 0 bridgehead atoms. The minimum atomic E-state index is 0.425. The zero-order chi connectivity index (χ0) is 16.1. The van der Waals surface area contributed by atoms with E-state index in [-0.39, 0.29) is 0 Å². The Morgan fingerprint density at radius 2 is 1.96 bits per heavy atom. The number of benzene rings is 1. The molecule has 1 aromatic heterocycles. The highest BCUT2D eigenvalue weighted by atomic mass is 16.5. The van der Waals surface area contributed by atoms with E-state index in [0.29, 0.717) is 12.6 Å². The summed E-state index contributed by atoms with van der Waals surface area (Å²) in [5, 5.41) is 4.85. The normalized spacial score (nSPS) is 16.6. The summed E-state index contributed by atoms with van der Waals surface area (Å²) < 4.78 is 8.27. The third-order valence-electron chi connectivity index (χ3n) is 4.96. The molecule has 2 aromatic rings. The second kappa shape index (κ2) is 7.67. The number of hydrogen-bond acceptors (Lipinski definition) is 2. The van der Waals surface area contributed by atoms with Crippen molar-refractivity contribution >= 4 is 0 Å². The van der Waals surface area contributed by atoms with Gasteiger partial charge in [-0.15, -0.1) is 0 Å².